The van der Waals surface area contributed by atoms with E-state index in [9.17, 15) is 14.4 Å². The molecular weight excluding hydrogens is 925 g/mol. The summed E-state index contributed by atoms with van der Waals surface area (Å²) in [5, 5.41) is 0. The molecule has 434 valence electrons. The zero-order chi connectivity index (χ0) is 54.3. The summed E-state index contributed by atoms with van der Waals surface area (Å²) in [6.07, 6.45) is 82.0. The van der Waals surface area contributed by atoms with Gasteiger partial charge < -0.3 is 14.2 Å². The molecular formula is C69H122O6. The molecule has 0 saturated heterocycles. The summed E-state index contributed by atoms with van der Waals surface area (Å²) >= 11 is 0. The number of hydrogen-bond donors (Lipinski definition) is 0. The molecule has 0 saturated carbocycles. The maximum absolute atomic E-state index is 12.9. The maximum atomic E-state index is 12.9. The zero-order valence-electron chi connectivity index (χ0n) is 49.8. The van der Waals surface area contributed by atoms with Gasteiger partial charge in [-0.05, 0) is 109 Å². The van der Waals surface area contributed by atoms with E-state index in [1.807, 2.05) is 0 Å². The molecule has 0 aromatic heterocycles. The molecule has 0 aliphatic carbocycles. The predicted octanol–water partition coefficient (Wildman–Crippen LogP) is 22.1. The van der Waals surface area contributed by atoms with Crippen LogP contribution in [0.3, 0.4) is 0 Å². The van der Waals surface area contributed by atoms with Gasteiger partial charge in [0.2, 0.25) is 0 Å². The zero-order valence-corrected chi connectivity index (χ0v) is 49.8. The Morgan fingerprint density at radius 2 is 0.493 bits per heavy atom. The van der Waals surface area contributed by atoms with Crippen LogP contribution in [0.5, 0.6) is 0 Å². The van der Waals surface area contributed by atoms with Gasteiger partial charge in [-0.15, -0.1) is 0 Å². The van der Waals surface area contributed by atoms with Gasteiger partial charge in [-0.3, -0.25) is 14.4 Å². The van der Waals surface area contributed by atoms with E-state index in [-0.39, 0.29) is 31.1 Å². The smallest absolute Gasteiger partial charge is 0.306 e. The van der Waals surface area contributed by atoms with Gasteiger partial charge in [0.05, 0.1) is 0 Å². The standard InChI is InChI=1S/C69H122O6/c1-4-7-10-13-16-19-22-25-28-30-31-32-33-34-35-36-37-38-39-40-42-44-47-50-53-56-59-62-68(71)74-65-66(64-73-67(70)61-58-55-52-49-46-43-27-24-21-18-15-12-9-6-3)75-69(72)63-60-57-54-51-48-45-41-29-26-23-20-17-14-11-8-5-2/h15,18,20,22-25,27,29-31,41,66H,4-14,16-17,19,21,26,28,32-40,42-65H2,1-3H3/b18-15-,23-20-,25-22-,27-24-,31-30-,41-29-. The second-order valence-corrected chi connectivity index (χ2v) is 21.7. The third-order valence-electron chi connectivity index (χ3n) is 14.2. The van der Waals surface area contributed by atoms with Gasteiger partial charge >= 0.3 is 17.9 Å². The van der Waals surface area contributed by atoms with E-state index in [2.05, 4.69) is 93.7 Å². The third-order valence-corrected chi connectivity index (χ3v) is 14.2. The second-order valence-electron chi connectivity index (χ2n) is 21.7. The number of ether oxygens (including phenoxy) is 3. The van der Waals surface area contributed by atoms with Gasteiger partial charge in [0.15, 0.2) is 6.10 Å². The number of allylic oxidation sites excluding steroid dienone is 12. The van der Waals surface area contributed by atoms with Crippen LogP contribution in [0.2, 0.25) is 0 Å². The molecule has 0 radical (unpaired) electrons. The molecule has 0 heterocycles. The highest BCUT2D eigenvalue weighted by Gasteiger charge is 2.19. The summed E-state index contributed by atoms with van der Waals surface area (Å²) in [6.45, 7) is 6.58. The molecule has 6 nitrogen and oxygen atoms in total. The summed E-state index contributed by atoms with van der Waals surface area (Å²) in [4.78, 5) is 38.3. The summed E-state index contributed by atoms with van der Waals surface area (Å²) in [5.41, 5.74) is 0. The Bertz CT molecular complexity index is 1390. The molecule has 1 atom stereocenters. The fraction of sp³-hybridized carbons (Fsp3) is 0.783. The van der Waals surface area contributed by atoms with Crippen LogP contribution in [-0.4, -0.2) is 37.2 Å². The Morgan fingerprint density at radius 1 is 0.267 bits per heavy atom. The average molecular weight is 1050 g/mol. The number of carbonyl (C=O) groups is 3. The van der Waals surface area contributed by atoms with E-state index < -0.39 is 6.10 Å². The first kappa shape index (κ1) is 71.8. The lowest BCUT2D eigenvalue weighted by molar-refractivity contribution is -0.167. The summed E-state index contributed by atoms with van der Waals surface area (Å²) < 4.78 is 16.9. The van der Waals surface area contributed by atoms with E-state index in [1.54, 1.807) is 0 Å². The van der Waals surface area contributed by atoms with Crippen molar-refractivity contribution in [1.29, 1.82) is 0 Å². The Balaban J connectivity index is 4.27. The molecule has 0 aliphatic rings. The molecule has 0 spiro atoms. The van der Waals surface area contributed by atoms with Crippen molar-refractivity contribution in [3.63, 3.8) is 0 Å². The van der Waals surface area contributed by atoms with Crippen LogP contribution in [-0.2, 0) is 28.6 Å². The number of carbonyl (C=O) groups excluding carboxylic acids is 3. The van der Waals surface area contributed by atoms with Gasteiger partial charge in [-0.25, -0.2) is 0 Å². The normalized spacial score (nSPS) is 12.5. The van der Waals surface area contributed by atoms with Crippen LogP contribution >= 0.6 is 0 Å². The minimum Gasteiger partial charge on any atom is -0.462 e. The van der Waals surface area contributed by atoms with Crippen molar-refractivity contribution in [3.05, 3.63) is 72.9 Å². The van der Waals surface area contributed by atoms with E-state index in [4.69, 9.17) is 14.2 Å². The number of esters is 3. The largest absolute Gasteiger partial charge is 0.462 e. The fourth-order valence-electron chi connectivity index (χ4n) is 9.23. The van der Waals surface area contributed by atoms with Crippen molar-refractivity contribution < 1.29 is 28.6 Å². The monoisotopic (exact) mass is 1050 g/mol. The number of rotatable bonds is 59. The maximum Gasteiger partial charge on any atom is 0.306 e. The first-order valence-corrected chi connectivity index (χ1v) is 32.4. The van der Waals surface area contributed by atoms with Gasteiger partial charge in [0, 0.05) is 19.3 Å². The molecule has 75 heavy (non-hydrogen) atoms. The summed E-state index contributed by atoms with van der Waals surface area (Å²) in [6, 6.07) is 0. The van der Waals surface area contributed by atoms with Crippen LogP contribution in [0.25, 0.3) is 0 Å². The van der Waals surface area contributed by atoms with E-state index >= 15 is 0 Å². The quantitative estimate of drug-likeness (QED) is 0.0261. The Labute approximate surface area is 465 Å². The highest BCUT2D eigenvalue weighted by Crippen LogP contribution is 2.16. The molecule has 0 aromatic carbocycles. The van der Waals surface area contributed by atoms with Crippen molar-refractivity contribution in [2.75, 3.05) is 13.2 Å². The van der Waals surface area contributed by atoms with Gasteiger partial charge in [-0.2, -0.15) is 0 Å². The van der Waals surface area contributed by atoms with Crippen molar-refractivity contribution in [2.45, 2.75) is 335 Å². The van der Waals surface area contributed by atoms with Crippen LogP contribution < -0.4 is 0 Å². The van der Waals surface area contributed by atoms with Gasteiger partial charge in [0.25, 0.3) is 0 Å². The molecule has 0 aromatic rings. The number of hydrogen-bond acceptors (Lipinski definition) is 6. The Hall–Kier alpha value is -3.15. The Morgan fingerprint density at radius 3 is 0.787 bits per heavy atom. The molecule has 0 aliphatic heterocycles. The van der Waals surface area contributed by atoms with Crippen LogP contribution in [0.15, 0.2) is 72.9 Å². The lowest BCUT2D eigenvalue weighted by atomic mass is 10.0. The van der Waals surface area contributed by atoms with Crippen LogP contribution in [0.1, 0.15) is 329 Å². The van der Waals surface area contributed by atoms with Crippen molar-refractivity contribution in [1.82, 2.24) is 0 Å². The van der Waals surface area contributed by atoms with Gasteiger partial charge in [0.1, 0.15) is 13.2 Å². The molecule has 0 amide bonds. The Kier molecular flexibility index (Phi) is 60.7. The van der Waals surface area contributed by atoms with Crippen molar-refractivity contribution in [3.8, 4) is 0 Å². The topological polar surface area (TPSA) is 78.9 Å². The van der Waals surface area contributed by atoms with E-state index in [0.717, 1.165) is 109 Å². The molecule has 1 unspecified atom stereocenters. The molecule has 0 bridgehead atoms. The highest BCUT2D eigenvalue weighted by atomic mass is 16.6. The first-order chi connectivity index (χ1) is 37.0. The molecule has 0 N–H and O–H groups in total. The third kappa shape index (κ3) is 61.6. The summed E-state index contributed by atoms with van der Waals surface area (Å²) in [7, 11) is 0. The van der Waals surface area contributed by atoms with E-state index in [0.29, 0.717) is 19.3 Å². The minimum atomic E-state index is -0.789. The lowest BCUT2D eigenvalue weighted by Gasteiger charge is -2.18. The van der Waals surface area contributed by atoms with Crippen LogP contribution in [0, 0.1) is 0 Å². The predicted molar refractivity (Wildman–Crippen MR) is 325 cm³/mol. The average Bonchev–Trinajstić information content (AvgIpc) is 3.41. The van der Waals surface area contributed by atoms with Crippen molar-refractivity contribution in [2.24, 2.45) is 0 Å². The fourth-order valence-corrected chi connectivity index (χ4v) is 9.23. The van der Waals surface area contributed by atoms with Gasteiger partial charge in [-0.1, -0.05) is 273 Å². The van der Waals surface area contributed by atoms with Crippen LogP contribution in [0.4, 0.5) is 0 Å². The summed E-state index contributed by atoms with van der Waals surface area (Å²) in [5.74, 6) is -0.899. The SMILES string of the molecule is CCCC/C=C\C/C=C\CCCCCCCC(=O)OCC(COC(=O)CCCCCCCCCCCCCCCCC/C=C\C/C=C\CCCCCCC)OC(=O)CCCCCCC/C=C\C/C=C\CCCCCC. The lowest BCUT2D eigenvalue weighted by Crippen LogP contribution is -2.30. The van der Waals surface area contributed by atoms with Crippen molar-refractivity contribution >= 4 is 17.9 Å². The number of unbranched alkanes of at least 4 members (excludes halogenated alkanes) is 36. The first-order valence-electron chi connectivity index (χ1n) is 32.4. The molecule has 0 rings (SSSR count). The highest BCUT2D eigenvalue weighted by molar-refractivity contribution is 5.71. The molecule has 0 fully saturated rings. The second kappa shape index (κ2) is 63.4. The molecule has 6 heteroatoms. The van der Waals surface area contributed by atoms with E-state index in [1.165, 1.54) is 180 Å². The minimum absolute atomic E-state index is 0.0840.